The van der Waals surface area contributed by atoms with E-state index in [1.165, 1.54) is 11.1 Å². The number of fused-ring (bicyclic) bond motifs is 1. The lowest BCUT2D eigenvalue weighted by Gasteiger charge is -2.11. The molecule has 0 saturated carbocycles. The molecule has 5 heteroatoms. The van der Waals surface area contributed by atoms with Gasteiger partial charge in [0.25, 0.3) is 5.91 Å². The average Bonchev–Trinajstić information content (AvgIpc) is 2.78. The van der Waals surface area contributed by atoms with E-state index in [0.717, 1.165) is 18.7 Å². The number of carbonyl (C=O) groups is 3. The van der Waals surface area contributed by atoms with Crippen LogP contribution in [0, 0.1) is 6.92 Å². The van der Waals surface area contributed by atoms with Gasteiger partial charge in [-0.2, -0.15) is 0 Å². The highest BCUT2D eigenvalue weighted by Crippen LogP contribution is 2.24. The minimum Gasteiger partial charge on any atom is -0.335 e. The van der Waals surface area contributed by atoms with Crippen molar-refractivity contribution < 1.29 is 14.4 Å². The van der Waals surface area contributed by atoms with Gasteiger partial charge in [0, 0.05) is 31.5 Å². The maximum absolute atomic E-state index is 11.7. The predicted octanol–water partition coefficient (Wildman–Crippen LogP) is 1.78. The second-order valence-electron chi connectivity index (χ2n) is 5.25. The third-order valence-corrected chi connectivity index (χ3v) is 3.75. The van der Waals surface area contributed by atoms with Gasteiger partial charge in [0.15, 0.2) is 0 Å². The van der Waals surface area contributed by atoms with Gasteiger partial charge in [-0.05, 0) is 37.5 Å². The molecule has 1 aromatic rings. The van der Waals surface area contributed by atoms with Gasteiger partial charge >= 0.3 is 0 Å². The molecule has 2 heterocycles. The van der Waals surface area contributed by atoms with Crippen LogP contribution in [0.5, 0.6) is 0 Å². The molecule has 3 amide bonds. The molecule has 112 valence electrons. The number of carbonyl (C=O) groups excluding carboxylic acids is 3. The van der Waals surface area contributed by atoms with Crippen LogP contribution in [-0.4, -0.2) is 29.2 Å². The Morgan fingerprint density at radius 2 is 1.81 bits per heavy atom. The summed E-state index contributed by atoms with van der Waals surface area (Å²) in [5, 5.41) is 2.20. The molecule has 21 heavy (non-hydrogen) atoms. The number of piperidine rings is 1. The maximum Gasteiger partial charge on any atom is 0.254 e. The molecule has 2 aliphatic rings. The van der Waals surface area contributed by atoms with Gasteiger partial charge in [-0.15, -0.1) is 0 Å². The van der Waals surface area contributed by atoms with Crippen LogP contribution in [0.1, 0.15) is 47.7 Å². The van der Waals surface area contributed by atoms with E-state index in [2.05, 4.69) is 18.3 Å². The third kappa shape index (κ3) is 3.48. The fourth-order valence-corrected chi connectivity index (χ4v) is 2.49. The molecular formula is C16H20N2O3. The second-order valence-corrected chi connectivity index (χ2v) is 5.25. The van der Waals surface area contributed by atoms with E-state index < -0.39 is 0 Å². The third-order valence-electron chi connectivity index (χ3n) is 3.75. The molecule has 0 radical (unpaired) electrons. The van der Waals surface area contributed by atoms with E-state index in [0.29, 0.717) is 19.3 Å². The van der Waals surface area contributed by atoms with Gasteiger partial charge in [-0.3, -0.25) is 19.7 Å². The lowest BCUT2D eigenvalue weighted by Crippen LogP contribution is -2.33. The number of hydrogen-bond acceptors (Lipinski definition) is 3. The summed E-state index contributed by atoms with van der Waals surface area (Å²) in [7, 11) is 0. The van der Waals surface area contributed by atoms with Crippen LogP contribution in [0.3, 0.4) is 0 Å². The lowest BCUT2D eigenvalue weighted by molar-refractivity contribution is -0.132. The molecule has 1 N–H and O–H groups in total. The van der Waals surface area contributed by atoms with Gasteiger partial charge in [0.1, 0.15) is 0 Å². The standard InChI is InChI=1S/C11H13NO.C5H7NO2/c1-3-12-7-10-8(2)5-4-6-9(10)11(12)13;7-4-2-1-3-5(8)6-4/h4-6H,3,7H2,1-2H3;1-3H2,(H,6,7,8). The van der Waals surface area contributed by atoms with Gasteiger partial charge in [0.2, 0.25) is 11.8 Å². The topological polar surface area (TPSA) is 66.5 Å². The van der Waals surface area contributed by atoms with Gasteiger partial charge in [0.05, 0.1) is 0 Å². The van der Waals surface area contributed by atoms with Crippen molar-refractivity contribution in [1.82, 2.24) is 10.2 Å². The number of nitrogens with zero attached hydrogens (tertiary/aromatic N) is 1. The molecule has 0 bridgehead atoms. The Morgan fingerprint density at radius 3 is 2.29 bits per heavy atom. The zero-order valence-corrected chi connectivity index (χ0v) is 12.4. The van der Waals surface area contributed by atoms with Crippen LogP contribution >= 0.6 is 0 Å². The predicted molar refractivity (Wildman–Crippen MR) is 78.6 cm³/mol. The largest absolute Gasteiger partial charge is 0.335 e. The zero-order valence-electron chi connectivity index (χ0n) is 12.4. The highest BCUT2D eigenvalue weighted by Gasteiger charge is 2.26. The molecule has 1 saturated heterocycles. The average molecular weight is 288 g/mol. The van der Waals surface area contributed by atoms with Crippen molar-refractivity contribution in [1.29, 1.82) is 0 Å². The molecule has 2 aliphatic heterocycles. The minimum atomic E-state index is -0.138. The summed E-state index contributed by atoms with van der Waals surface area (Å²) in [5.74, 6) is -0.0938. The van der Waals surface area contributed by atoms with E-state index in [-0.39, 0.29) is 17.7 Å². The Balaban J connectivity index is 0.000000173. The number of benzene rings is 1. The Bertz CT molecular complexity index is 567. The smallest absolute Gasteiger partial charge is 0.254 e. The van der Waals surface area contributed by atoms with Crippen LogP contribution in [-0.2, 0) is 16.1 Å². The molecular weight excluding hydrogens is 268 g/mol. The number of nitrogens with one attached hydrogen (secondary N) is 1. The van der Waals surface area contributed by atoms with Gasteiger partial charge in [-0.25, -0.2) is 0 Å². The zero-order chi connectivity index (χ0) is 15.4. The van der Waals surface area contributed by atoms with E-state index in [4.69, 9.17) is 0 Å². The first kappa shape index (κ1) is 15.2. The summed E-state index contributed by atoms with van der Waals surface area (Å²) < 4.78 is 0. The van der Waals surface area contributed by atoms with E-state index >= 15 is 0 Å². The summed E-state index contributed by atoms with van der Waals surface area (Å²) >= 11 is 0. The Labute approximate surface area is 124 Å². The van der Waals surface area contributed by atoms with Crippen molar-refractivity contribution in [2.45, 2.75) is 39.7 Å². The first-order valence-electron chi connectivity index (χ1n) is 7.23. The first-order valence-corrected chi connectivity index (χ1v) is 7.23. The Kier molecular flexibility index (Phi) is 4.73. The molecule has 0 unspecified atom stereocenters. The number of hydrogen-bond donors (Lipinski definition) is 1. The van der Waals surface area contributed by atoms with Gasteiger partial charge in [-0.1, -0.05) is 12.1 Å². The molecule has 1 fully saturated rings. The normalized spacial score (nSPS) is 17.0. The van der Waals surface area contributed by atoms with Crippen LogP contribution < -0.4 is 5.32 Å². The fraction of sp³-hybridized carbons (Fsp3) is 0.438. The molecule has 0 aromatic heterocycles. The first-order chi connectivity index (χ1) is 10.0. The van der Waals surface area contributed by atoms with Crippen molar-refractivity contribution in [3.05, 3.63) is 34.9 Å². The number of imide groups is 1. The number of rotatable bonds is 1. The van der Waals surface area contributed by atoms with E-state index in [1.807, 2.05) is 24.0 Å². The SMILES string of the molecule is CCN1Cc2c(C)cccc2C1=O.O=C1CCCC(=O)N1. The Hall–Kier alpha value is -2.17. The highest BCUT2D eigenvalue weighted by molar-refractivity contribution is 5.98. The lowest BCUT2D eigenvalue weighted by atomic mass is 10.1. The van der Waals surface area contributed by atoms with Crippen molar-refractivity contribution >= 4 is 17.7 Å². The fourth-order valence-electron chi connectivity index (χ4n) is 2.49. The summed E-state index contributed by atoms with van der Waals surface area (Å²) in [6, 6.07) is 5.93. The van der Waals surface area contributed by atoms with Crippen molar-refractivity contribution in [3.63, 3.8) is 0 Å². The molecule has 5 nitrogen and oxygen atoms in total. The summed E-state index contributed by atoms with van der Waals surface area (Å²) in [6.45, 7) is 5.66. The summed E-state index contributed by atoms with van der Waals surface area (Å²) in [4.78, 5) is 34.3. The highest BCUT2D eigenvalue weighted by atomic mass is 16.2. The van der Waals surface area contributed by atoms with Crippen LogP contribution in [0.25, 0.3) is 0 Å². The molecule has 3 rings (SSSR count). The van der Waals surface area contributed by atoms with Gasteiger partial charge < -0.3 is 4.90 Å². The van der Waals surface area contributed by atoms with Crippen LogP contribution in [0.2, 0.25) is 0 Å². The molecule has 1 aromatic carbocycles. The molecule has 0 atom stereocenters. The quantitative estimate of drug-likeness (QED) is 0.801. The minimum absolute atomic E-state index is 0.138. The van der Waals surface area contributed by atoms with Crippen molar-refractivity contribution in [3.8, 4) is 0 Å². The van der Waals surface area contributed by atoms with E-state index in [9.17, 15) is 14.4 Å². The Morgan fingerprint density at radius 1 is 1.14 bits per heavy atom. The maximum atomic E-state index is 11.7. The monoisotopic (exact) mass is 288 g/mol. The van der Waals surface area contributed by atoms with Crippen LogP contribution in [0.4, 0.5) is 0 Å². The molecule has 0 aliphatic carbocycles. The molecule has 0 spiro atoms. The summed E-state index contributed by atoms with van der Waals surface area (Å²) in [5.41, 5.74) is 3.32. The van der Waals surface area contributed by atoms with Crippen molar-refractivity contribution in [2.24, 2.45) is 0 Å². The second kappa shape index (κ2) is 6.52. The van der Waals surface area contributed by atoms with Crippen LogP contribution in [0.15, 0.2) is 18.2 Å². The summed E-state index contributed by atoms with van der Waals surface area (Å²) in [6.07, 6.45) is 1.72. The number of amides is 3. The number of aryl methyl sites for hydroxylation is 1. The van der Waals surface area contributed by atoms with Crippen molar-refractivity contribution in [2.75, 3.05) is 6.54 Å². The van der Waals surface area contributed by atoms with E-state index in [1.54, 1.807) is 0 Å².